The molecule has 0 saturated carbocycles. The summed E-state index contributed by atoms with van der Waals surface area (Å²) in [7, 11) is 1.76. The Labute approximate surface area is 111 Å². The van der Waals surface area contributed by atoms with E-state index in [1.165, 1.54) is 25.0 Å². The van der Waals surface area contributed by atoms with Crippen molar-refractivity contribution < 1.29 is 9.59 Å². The van der Waals surface area contributed by atoms with Crippen molar-refractivity contribution in [2.75, 3.05) is 5.75 Å². The van der Waals surface area contributed by atoms with Crippen LogP contribution in [0.5, 0.6) is 0 Å². The molecule has 7 heteroatoms. The summed E-state index contributed by atoms with van der Waals surface area (Å²) in [5.41, 5.74) is 0. The Morgan fingerprint density at radius 2 is 2.17 bits per heavy atom. The summed E-state index contributed by atoms with van der Waals surface area (Å²) in [6.45, 7) is 5.30. The van der Waals surface area contributed by atoms with Crippen LogP contribution in [-0.4, -0.2) is 38.2 Å². The number of ketones is 1. The zero-order chi connectivity index (χ0) is 13.7. The van der Waals surface area contributed by atoms with Crippen LogP contribution in [0, 0.1) is 5.92 Å². The molecule has 1 amide bonds. The summed E-state index contributed by atoms with van der Waals surface area (Å²) < 4.78 is 1.60. The monoisotopic (exact) mass is 270 g/mol. The SMILES string of the molecule is CC(=O)C(NC(=O)CSc1ncnn1C)C(C)C. The molecule has 1 rings (SSSR count). The van der Waals surface area contributed by atoms with Crippen molar-refractivity contribution in [2.45, 2.75) is 32.0 Å². The Hall–Kier alpha value is -1.37. The van der Waals surface area contributed by atoms with E-state index >= 15 is 0 Å². The maximum atomic E-state index is 11.7. The highest BCUT2D eigenvalue weighted by molar-refractivity contribution is 7.99. The van der Waals surface area contributed by atoms with Crippen LogP contribution in [0.25, 0.3) is 0 Å². The molecule has 0 aromatic carbocycles. The Balaban J connectivity index is 2.46. The summed E-state index contributed by atoms with van der Waals surface area (Å²) in [5, 5.41) is 7.32. The first-order valence-electron chi connectivity index (χ1n) is 5.68. The van der Waals surface area contributed by atoms with E-state index in [0.717, 1.165) is 0 Å². The van der Waals surface area contributed by atoms with Crippen LogP contribution in [0.2, 0.25) is 0 Å². The van der Waals surface area contributed by atoms with Crippen LogP contribution in [0.15, 0.2) is 11.5 Å². The minimum Gasteiger partial charge on any atom is -0.345 e. The second-order valence-electron chi connectivity index (χ2n) is 4.35. The molecule has 0 bridgehead atoms. The molecule has 0 fully saturated rings. The summed E-state index contributed by atoms with van der Waals surface area (Å²) >= 11 is 1.29. The number of Topliss-reactive ketones (excluding diaryl/α,β-unsaturated/α-hetero) is 1. The molecule has 6 nitrogen and oxygen atoms in total. The van der Waals surface area contributed by atoms with Gasteiger partial charge in [0.15, 0.2) is 10.9 Å². The molecule has 0 spiro atoms. The van der Waals surface area contributed by atoms with Crippen molar-refractivity contribution in [1.29, 1.82) is 0 Å². The molecule has 100 valence electrons. The number of carbonyl (C=O) groups excluding carboxylic acids is 2. The van der Waals surface area contributed by atoms with Crippen LogP contribution in [0.3, 0.4) is 0 Å². The predicted octanol–water partition coefficient (Wildman–Crippen LogP) is 0.637. The summed E-state index contributed by atoms with van der Waals surface area (Å²) in [6, 6.07) is -0.419. The normalized spacial score (nSPS) is 12.5. The van der Waals surface area contributed by atoms with Gasteiger partial charge in [-0.05, 0) is 12.8 Å². The second kappa shape index (κ2) is 6.53. The summed E-state index contributed by atoms with van der Waals surface area (Å²) in [6.07, 6.45) is 1.44. The predicted molar refractivity (Wildman–Crippen MR) is 69.2 cm³/mol. The van der Waals surface area contributed by atoms with Crippen molar-refractivity contribution in [1.82, 2.24) is 20.1 Å². The molecule has 0 aliphatic heterocycles. The lowest BCUT2D eigenvalue weighted by Crippen LogP contribution is -2.44. The van der Waals surface area contributed by atoms with E-state index < -0.39 is 6.04 Å². The lowest BCUT2D eigenvalue weighted by atomic mass is 10.0. The van der Waals surface area contributed by atoms with Crippen molar-refractivity contribution in [2.24, 2.45) is 13.0 Å². The number of carbonyl (C=O) groups is 2. The Morgan fingerprint density at radius 3 is 2.61 bits per heavy atom. The molecular formula is C11H18N4O2S. The smallest absolute Gasteiger partial charge is 0.231 e. The van der Waals surface area contributed by atoms with E-state index in [4.69, 9.17) is 0 Å². The molecule has 0 aliphatic rings. The van der Waals surface area contributed by atoms with Crippen LogP contribution < -0.4 is 5.32 Å². The van der Waals surface area contributed by atoms with E-state index in [1.54, 1.807) is 11.7 Å². The molecule has 1 heterocycles. The lowest BCUT2D eigenvalue weighted by molar-refractivity contribution is -0.126. The lowest BCUT2D eigenvalue weighted by Gasteiger charge is -2.19. The molecule has 18 heavy (non-hydrogen) atoms. The molecule has 1 aromatic rings. The van der Waals surface area contributed by atoms with Crippen LogP contribution >= 0.6 is 11.8 Å². The standard InChI is InChI=1S/C11H18N4O2S/c1-7(2)10(8(3)16)14-9(17)5-18-11-12-6-13-15(11)4/h6-7,10H,5H2,1-4H3,(H,14,17). The molecule has 1 N–H and O–H groups in total. The first-order chi connectivity index (χ1) is 8.41. The largest absolute Gasteiger partial charge is 0.345 e. The summed E-state index contributed by atoms with van der Waals surface area (Å²) in [4.78, 5) is 27.1. The minimum atomic E-state index is -0.419. The van der Waals surface area contributed by atoms with Gasteiger partial charge in [-0.25, -0.2) is 9.67 Å². The fourth-order valence-electron chi connectivity index (χ4n) is 1.50. The average Bonchev–Trinajstić information content (AvgIpc) is 2.68. The van der Waals surface area contributed by atoms with Gasteiger partial charge in [0, 0.05) is 7.05 Å². The topological polar surface area (TPSA) is 76.9 Å². The summed E-state index contributed by atoms with van der Waals surface area (Å²) in [5.74, 6) is 0.119. The molecule has 1 unspecified atom stereocenters. The first-order valence-corrected chi connectivity index (χ1v) is 6.67. The second-order valence-corrected chi connectivity index (χ2v) is 5.30. The van der Waals surface area contributed by atoms with E-state index in [9.17, 15) is 9.59 Å². The average molecular weight is 270 g/mol. The van der Waals surface area contributed by atoms with E-state index in [-0.39, 0.29) is 23.4 Å². The van der Waals surface area contributed by atoms with Crippen molar-refractivity contribution >= 4 is 23.5 Å². The highest BCUT2D eigenvalue weighted by Gasteiger charge is 2.20. The van der Waals surface area contributed by atoms with Gasteiger partial charge in [0.25, 0.3) is 0 Å². The van der Waals surface area contributed by atoms with Gasteiger partial charge in [-0.2, -0.15) is 5.10 Å². The molecule has 0 aliphatic carbocycles. The Kier molecular flexibility index (Phi) is 5.33. The first kappa shape index (κ1) is 14.7. The quantitative estimate of drug-likeness (QED) is 0.767. The molecule has 1 aromatic heterocycles. The number of aryl methyl sites for hydroxylation is 1. The Morgan fingerprint density at radius 1 is 1.50 bits per heavy atom. The number of hydrogen-bond acceptors (Lipinski definition) is 5. The zero-order valence-electron chi connectivity index (χ0n) is 11.0. The van der Waals surface area contributed by atoms with E-state index in [1.807, 2.05) is 13.8 Å². The van der Waals surface area contributed by atoms with Crippen LogP contribution in [-0.2, 0) is 16.6 Å². The van der Waals surface area contributed by atoms with Crippen molar-refractivity contribution in [3.63, 3.8) is 0 Å². The molecule has 0 radical (unpaired) electrons. The number of hydrogen-bond donors (Lipinski definition) is 1. The molecule has 0 saturated heterocycles. The van der Waals surface area contributed by atoms with Gasteiger partial charge in [0.05, 0.1) is 11.8 Å². The molecule has 1 atom stereocenters. The van der Waals surface area contributed by atoms with Gasteiger partial charge in [-0.1, -0.05) is 25.6 Å². The Bertz CT molecular complexity index is 430. The highest BCUT2D eigenvalue weighted by atomic mass is 32.2. The van der Waals surface area contributed by atoms with Gasteiger partial charge in [0.1, 0.15) is 6.33 Å². The highest BCUT2D eigenvalue weighted by Crippen LogP contribution is 2.12. The van der Waals surface area contributed by atoms with Gasteiger partial charge in [0.2, 0.25) is 5.91 Å². The van der Waals surface area contributed by atoms with Crippen LogP contribution in [0.4, 0.5) is 0 Å². The maximum Gasteiger partial charge on any atom is 0.231 e. The number of rotatable bonds is 6. The number of nitrogens with one attached hydrogen (secondary N) is 1. The van der Waals surface area contributed by atoms with Crippen LogP contribution in [0.1, 0.15) is 20.8 Å². The zero-order valence-corrected chi connectivity index (χ0v) is 11.8. The van der Waals surface area contributed by atoms with Gasteiger partial charge >= 0.3 is 0 Å². The van der Waals surface area contributed by atoms with Gasteiger partial charge < -0.3 is 5.32 Å². The van der Waals surface area contributed by atoms with Crippen molar-refractivity contribution in [3.05, 3.63) is 6.33 Å². The number of amides is 1. The van der Waals surface area contributed by atoms with Crippen molar-refractivity contribution in [3.8, 4) is 0 Å². The number of nitrogens with zero attached hydrogens (tertiary/aromatic N) is 3. The maximum absolute atomic E-state index is 11.7. The van der Waals surface area contributed by atoms with Gasteiger partial charge in [-0.3, -0.25) is 9.59 Å². The van der Waals surface area contributed by atoms with E-state index in [2.05, 4.69) is 15.4 Å². The van der Waals surface area contributed by atoms with E-state index in [0.29, 0.717) is 5.16 Å². The third-order valence-corrected chi connectivity index (χ3v) is 3.46. The number of aromatic nitrogens is 3. The van der Waals surface area contributed by atoms with Gasteiger partial charge in [-0.15, -0.1) is 0 Å². The fourth-order valence-corrected chi connectivity index (χ4v) is 2.20. The molecular weight excluding hydrogens is 252 g/mol. The fraction of sp³-hybridized carbons (Fsp3) is 0.636. The third-order valence-electron chi connectivity index (χ3n) is 2.42. The number of thioether (sulfide) groups is 1. The minimum absolute atomic E-state index is 0.0259. The third kappa shape index (κ3) is 4.14.